The molecule has 0 heterocycles. The van der Waals surface area contributed by atoms with Crippen LogP contribution in [0.4, 0.5) is 0 Å². The summed E-state index contributed by atoms with van der Waals surface area (Å²) in [6.07, 6.45) is -0.0369. The molecule has 0 aliphatic rings. The van der Waals surface area contributed by atoms with E-state index < -0.39 is 28.5 Å². The first-order valence-electron chi connectivity index (χ1n) is 11.0. The number of carboxylic acids is 1. The van der Waals surface area contributed by atoms with Gasteiger partial charge in [-0.05, 0) is 79.4 Å². The van der Waals surface area contributed by atoms with Crippen LogP contribution < -0.4 is 10.1 Å². The van der Waals surface area contributed by atoms with E-state index in [1.807, 2.05) is 13.0 Å². The van der Waals surface area contributed by atoms with Crippen LogP contribution in [0.1, 0.15) is 29.7 Å². The number of carboxylic acid groups (broad SMARTS) is 1. The van der Waals surface area contributed by atoms with Gasteiger partial charge in [0.15, 0.2) is 6.61 Å². The van der Waals surface area contributed by atoms with Gasteiger partial charge in [0.1, 0.15) is 5.75 Å². The molecule has 0 saturated carbocycles. The van der Waals surface area contributed by atoms with Crippen molar-refractivity contribution < 1.29 is 28.2 Å². The Labute approximate surface area is 222 Å². The summed E-state index contributed by atoms with van der Waals surface area (Å²) in [4.78, 5) is 11.0. The van der Waals surface area contributed by atoms with Crippen molar-refractivity contribution in [1.29, 1.82) is 0 Å². The van der Waals surface area contributed by atoms with Gasteiger partial charge in [0.2, 0.25) is 9.84 Å². The van der Waals surface area contributed by atoms with Gasteiger partial charge in [-0.15, -0.1) is 12.4 Å². The lowest BCUT2D eigenvalue weighted by atomic mass is 10.1. The highest BCUT2D eigenvalue weighted by Gasteiger charge is 2.19. The number of aliphatic hydroxyl groups excluding tert-OH is 1. The molecule has 3 aromatic carbocycles. The summed E-state index contributed by atoms with van der Waals surface area (Å²) < 4.78 is 31.3. The maximum Gasteiger partial charge on any atom is 0.341 e. The Morgan fingerprint density at radius 3 is 2.33 bits per heavy atom. The normalized spacial score (nSPS) is 12.9. The molecule has 0 unspecified atom stereocenters. The molecule has 0 spiro atoms. The number of aryl methyl sites for hydroxylation is 1. The van der Waals surface area contributed by atoms with E-state index in [2.05, 4.69) is 5.32 Å². The fraction of sp³-hybridized carbons (Fsp3) is 0.269. The van der Waals surface area contributed by atoms with E-state index in [-0.39, 0.29) is 28.2 Å². The van der Waals surface area contributed by atoms with Crippen LogP contribution in [0.2, 0.25) is 5.02 Å². The second kappa shape index (κ2) is 13.1. The van der Waals surface area contributed by atoms with Crippen molar-refractivity contribution in [3.63, 3.8) is 0 Å². The van der Waals surface area contributed by atoms with Gasteiger partial charge < -0.3 is 20.3 Å². The molecule has 0 fully saturated rings. The van der Waals surface area contributed by atoms with Crippen molar-refractivity contribution in [1.82, 2.24) is 5.32 Å². The summed E-state index contributed by atoms with van der Waals surface area (Å²) in [5.41, 5.74) is 2.22. The predicted octanol–water partition coefficient (Wildman–Crippen LogP) is 4.62. The highest BCUT2D eigenvalue weighted by molar-refractivity contribution is 7.91. The van der Waals surface area contributed by atoms with E-state index in [9.17, 15) is 18.3 Å². The molecule has 3 N–H and O–H groups in total. The SMILES string of the molecule is Cc1cc(S(=O)(=O)c2ccc(C[C@@H](C)NC[C@@H](O)c3cccc(Cl)c3)cc2)ccc1OCC(=O)O.Cl. The minimum absolute atomic E-state index is 0. The third-order valence-corrected chi connectivity index (χ3v) is 7.48. The van der Waals surface area contributed by atoms with E-state index >= 15 is 0 Å². The average Bonchev–Trinajstić information content (AvgIpc) is 2.82. The molecule has 0 aromatic heterocycles. The molecule has 2 atom stereocenters. The quantitative estimate of drug-likeness (QED) is 0.317. The largest absolute Gasteiger partial charge is 0.482 e. The highest BCUT2D eigenvalue weighted by Crippen LogP contribution is 2.27. The maximum absolute atomic E-state index is 13.0. The lowest BCUT2D eigenvalue weighted by molar-refractivity contribution is -0.139. The van der Waals surface area contributed by atoms with Gasteiger partial charge in [-0.25, -0.2) is 13.2 Å². The molecule has 3 rings (SSSR count). The third kappa shape index (κ3) is 7.94. The number of carbonyl (C=O) groups is 1. The molecular formula is C26H29Cl2NO6S. The second-order valence-electron chi connectivity index (χ2n) is 8.34. The van der Waals surface area contributed by atoms with Crippen LogP contribution in [0.5, 0.6) is 5.75 Å². The van der Waals surface area contributed by atoms with E-state index in [0.717, 1.165) is 11.1 Å². The van der Waals surface area contributed by atoms with Crippen LogP contribution in [-0.2, 0) is 21.1 Å². The molecule has 10 heteroatoms. The summed E-state index contributed by atoms with van der Waals surface area (Å²) in [6.45, 7) is 3.52. The summed E-state index contributed by atoms with van der Waals surface area (Å²) in [5, 5.41) is 23.0. The van der Waals surface area contributed by atoms with Crippen LogP contribution in [-0.4, -0.2) is 43.8 Å². The summed E-state index contributed by atoms with van der Waals surface area (Å²) in [5.74, 6) is -0.786. The fourth-order valence-electron chi connectivity index (χ4n) is 3.60. The molecule has 0 radical (unpaired) electrons. The molecule has 0 saturated heterocycles. The Morgan fingerprint density at radius 1 is 1.06 bits per heavy atom. The van der Waals surface area contributed by atoms with Gasteiger partial charge in [0.05, 0.1) is 15.9 Å². The smallest absolute Gasteiger partial charge is 0.341 e. The van der Waals surface area contributed by atoms with Gasteiger partial charge in [-0.1, -0.05) is 35.9 Å². The number of hydrogen-bond donors (Lipinski definition) is 3. The van der Waals surface area contributed by atoms with E-state index in [0.29, 0.717) is 29.3 Å². The number of aliphatic hydroxyl groups is 1. The van der Waals surface area contributed by atoms with Crippen LogP contribution >= 0.6 is 24.0 Å². The third-order valence-electron chi connectivity index (χ3n) is 5.48. The zero-order valence-corrected chi connectivity index (χ0v) is 22.2. The number of sulfone groups is 1. The average molecular weight is 554 g/mol. The Bertz CT molecular complexity index is 1280. The number of benzene rings is 3. The Kier molecular flexibility index (Phi) is 10.8. The number of halogens is 2. The molecule has 36 heavy (non-hydrogen) atoms. The fourth-order valence-corrected chi connectivity index (χ4v) is 5.15. The predicted molar refractivity (Wildman–Crippen MR) is 141 cm³/mol. The minimum atomic E-state index is -3.74. The topological polar surface area (TPSA) is 113 Å². The second-order valence-corrected chi connectivity index (χ2v) is 10.7. The lowest BCUT2D eigenvalue weighted by Gasteiger charge is -2.18. The van der Waals surface area contributed by atoms with Gasteiger partial charge in [-0.2, -0.15) is 0 Å². The number of hydrogen-bond acceptors (Lipinski definition) is 6. The molecular weight excluding hydrogens is 525 g/mol. The summed E-state index contributed by atoms with van der Waals surface area (Å²) in [7, 11) is -3.74. The number of ether oxygens (including phenoxy) is 1. The summed E-state index contributed by atoms with van der Waals surface area (Å²) >= 11 is 5.98. The number of aliphatic carboxylic acids is 1. The van der Waals surface area contributed by atoms with E-state index in [1.165, 1.54) is 18.2 Å². The molecule has 0 aliphatic heterocycles. The van der Waals surface area contributed by atoms with Crippen LogP contribution in [0.15, 0.2) is 76.5 Å². The van der Waals surface area contributed by atoms with Gasteiger partial charge in [-0.3, -0.25) is 0 Å². The van der Waals surface area contributed by atoms with Crippen molar-refractivity contribution in [2.75, 3.05) is 13.2 Å². The molecule has 0 bridgehead atoms. The molecule has 0 aliphatic carbocycles. The zero-order chi connectivity index (χ0) is 25.6. The molecule has 0 amide bonds. The van der Waals surface area contributed by atoms with Crippen LogP contribution in [0.25, 0.3) is 0 Å². The Morgan fingerprint density at radius 2 is 1.72 bits per heavy atom. The Hall–Kier alpha value is -2.62. The monoisotopic (exact) mass is 553 g/mol. The number of nitrogens with one attached hydrogen (secondary N) is 1. The first kappa shape index (κ1) is 29.6. The maximum atomic E-state index is 13.0. The van der Waals surface area contributed by atoms with Crippen molar-refractivity contribution in [2.45, 2.75) is 42.2 Å². The van der Waals surface area contributed by atoms with Crippen molar-refractivity contribution in [3.8, 4) is 5.75 Å². The molecule has 7 nitrogen and oxygen atoms in total. The first-order chi connectivity index (χ1) is 16.6. The zero-order valence-electron chi connectivity index (χ0n) is 19.8. The highest BCUT2D eigenvalue weighted by atomic mass is 35.5. The van der Waals surface area contributed by atoms with Crippen LogP contribution in [0, 0.1) is 6.92 Å². The summed E-state index contributed by atoms with van der Waals surface area (Å²) in [6, 6.07) is 18.2. The first-order valence-corrected chi connectivity index (χ1v) is 12.9. The lowest BCUT2D eigenvalue weighted by Crippen LogP contribution is -2.32. The standard InChI is InChI=1S/C26H28ClNO6S.ClH/c1-17-12-23(10-11-25(17)34-16-26(30)31)35(32,33)22-8-6-19(7-9-22)13-18(2)28-15-24(29)20-4-3-5-21(27)14-20;/h3-12,14,18,24,28-29H,13,15-16H2,1-2H3,(H,30,31);1H/t18-,24-;/m1./s1. The Balaban J connectivity index is 0.00000456. The van der Waals surface area contributed by atoms with E-state index in [4.69, 9.17) is 21.4 Å². The molecule has 3 aromatic rings. The van der Waals surface area contributed by atoms with E-state index in [1.54, 1.807) is 49.4 Å². The van der Waals surface area contributed by atoms with Crippen molar-refractivity contribution in [2.24, 2.45) is 0 Å². The van der Waals surface area contributed by atoms with Crippen molar-refractivity contribution in [3.05, 3.63) is 88.4 Å². The van der Waals surface area contributed by atoms with Gasteiger partial charge >= 0.3 is 5.97 Å². The molecule has 194 valence electrons. The van der Waals surface area contributed by atoms with Crippen LogP contribution in [0.3, 0.4) is 0 Å². The van der Waals surface area contributed by atoms with Gasteiger partial charge in [0.25, 0.3) is 0 Å². The number of rotatable bonds is 11. The van der Waals surface area contributed by atoms with Crippen molar-refractivity contribution >= 4 is 39.8 Å². The van der Waals surface area contributed by atoms with Gasteiger partial charge in [0, 0.05) is 17.6 Å². The minimum Gasteiger partial charge on any atom is -0.482 e.